The third-order valence-electron chi connectivity index (χ3n) is 2.35. The molecule has 0 amide bonds. The lowest BCUT2D eigenvalue weighted by molar-refractivity contribution is 0.441. The largest absolute Gasteiger partial charge is 0.436 e. The van der Waals surface area contributed by atoms with Crippen LogP contribution in [-0.2, 0) is 0 Å². The minimum absolute atomic E-state index is 0.0856. The fourth-order valence-corrected chi connectivity index (χ4v) is 1.50. The van der Waals surface area contributed by atoms with Crippen LogP contribution in [0.5, 0.6) is 11.6 Å². The summed E-state index contributed by atoms with van der Waals surface area (Å²) in [6.45, 7) is 0. The maximum Gasteiger partial charge on any atom is 0.239 e. The molecule has 3 rings (SSSR count). The Morgan fingerprint density at radius 1 is 1.26 bits per heavy atom. The molecule has 0 unspecified atom stereocenters. The predicted molar refractivity (Wildman–Crippen MR) is 59.8 cm³/mol. The van der Waals surface area contributed by atoms with Crippen LogP contribution in [0.3, 0.4) is 0 Å². The molecule has 0 fully saturated rings. The van der Waals surface area contributed by atoms with Crippen molar-refractivity contribution in [3.05, 3.63) is 41.7 Å². The summed E-state index contributed by atoms with van der Waals surface area (Å²) in [6.07, 6.45) is 0. The number of aromatic nitrogens is 5. The number of rotatable bonds is 2. The van der Waals surface area contributed by atoms with Crippen molar-refractivity contribution in [2.24, 2.45) is 0 Å². The van der Waals surface area contributed by atoms with Gasteiger partial charge in [0.1, 0.15) is 23.2 Å². The van der Waals surface area contributed by atoms with Gasteiger partial charge in [0, 0.05) is 6.07 Å². The van der Waals surface area contributed by atoms with Gasteiger partial charge in [0.15, 0.2) is 5.65 Å². The first-order valence-electron chi connectivity index (χ1n) is 5.20. The summed E-state index contributed by atoms with van der Waals surface area (Å²) in [6, 6.07) is 8.97. The number of ether oxygens (including phenoxy) is 1. The van der Waals surface area contributed by atoms with Crippen molar-refractivity contribution in [3.63, 3.8) is 0 Å². The maximum atomic E-state index is 13.4. The SMILES string of the molecule is N#Cc1c(F)cccc1Oc1ccc2nnnn2n1. The van der Waals surface area contributed by atoms with Crippen molar-refractivity contribution in [2.75, 3.05) is 0 Å². The second-order valence-corrected chi connectivity index (χ2v) is 3.52. The molecule has 0 N–H and O–H groups in total. The van der Waals surface area contributed by atoms with E-state index in [2.05, 4.69) is 20.6 Å². The Morgan fingerprint density at radius 3 is 3.00 bits per heavy atom. The van der Waals surface area contributed by atoms with E-state index in [-0.39, 0.29) is 17.2 Å². The molecule has 0 radical (unpaired) electrons. The average Bonchev–Trinajstić information content (AvgIpc) is 2.86. The van der Waals surface area contributed by atoms with Crippen LogP contribution in [0.1, 0.15) is 5.56 Å². The van der Waals surface area contributed by atoms with E-state index in [1.54, 1.807) is 12.1 Å². The van der Waals surface area contributed by atoms with Gasteiger partial charge in [-0.2, -0.15) is 5.26 Å². The molecular formula is C11H5FN6O. The molecule has 0 aliphatic rings. The second kappa shape index (κ2) is 4.30. The van der Waals surface area contributed by atoms with Crippen molar-refractivity contribution < 1.29 is 9.13 Å². The van der Waals surface area contributed by atoms with E-state index in [9.17, 15) is 4.39 Å². The zero-order chi connectivity index (χ0) is 13.2. The molecule has 2 heterocycles. The molecule has 0 atom stereocenters. The van der Waals surface area contributed by atoms with Crippen molar-refractivity contribution in [1.29, 1.82) is 5.26 Å². The Bertz CT molecular complexity index is 793. The number of tetrazole rings is 1. The quantitative estimate of drug-likeness (QED) is 0.687. The fourth-order valence-electron chi connectivity index (χ4n) is 1.50. The van der Waals surface area contributed by atoms with Crippen molar-refractivity contribution >= 4 is 5.65 Å². The molecule has 1 aromatic carbocycles. The molecule has 8 heteroatoms. The molecule has 7 nitrogen and oxygen atoms in total. The highest BCUT2D eigenvalue weighted by Gasteiger charge is 2.11. The van der Waals surface area contributed by atoms with E-state index in [0.29, 0.717) is 5.65 Å². The summed E-state index contributed by atoms with van der Waals surface area (Å²) >= 11 is 0. The number of hydrogen-bond acceptors (Lipinski definition) is 6. The summed E-state index contributed by atoms with van der Waals surface area (Å²) in [7, 11) is 0. The third kappa shape index (κ3) is 1.93. The lowest BCUT2D eigenvalue weighted by Gasteiger charge is -2.06. The van der Waals surface area contributed by atoms with E-state index in [0.717, 1.165) is 0 Å². The van der Waals surface area contributed by atoms with Gasteiger partial charge in [-0.15, -0.1) is 14.8 Å². The van der Waals surface area contributed by atoms with E-state index < -0.39 is 5.82 Å². The van der Waals surface area contributed by atoms with Crippen LogP contribution in [-0.4, -0.2) is 25.3 Å². The molecule has 0 spiro atoms. The molecule has 0 saturated carbocycles. The van der Waals surface area contributed by atoms with Crippen LogP contribution in [0.4, 0.5) is 4.39 Å². The summed E-state index contributed by atoms with van der Waals surface area (Å²) in [4.78, 5) is 0. The molecule has 0 bridgehead atoms. The van der Waals surface area contributed by atoms with E-state index in [1.165, 1.54) is 28.9 Å². The van der Waals surface area contributed by atoms with Crippen molar-refractivity contribution in [1.82, 2.24) is 25.3 Å². The number of nitriles is 1. The monoisotopic (exact) mass is 256 g/mol. The third-order valence-corrected chi connectivity index (χ3v) is 2.35. The summed E-state index contributed by atoms with van der Waals surface area (Å²) < 4.78 is 19.9. The van der Waals surface area contributed by atoms with Crippen LogP contribution in [0.25, 0.3) is 5.65 Å². The minimum atomic E-state index is -0.650. The molecular weight excluding hydrogens is 251 g/mol. The van der Waals surface area contributed by atoms with Gasteiger partial charge in [0.2, 0.25) is 5.88 Å². The highest BCUT2D eigenvalue weighted by molar-refractivity contribution is 5.45. The molecule has 0 saturated heterocycles. The van der Waals surface area contributed by atoms with Gasteiger partial charge in [0.25, 0.3) is 0 Å². The number of nitrogens with zero attached hydrogens (tertiary/aromatic N) is 6. The van der Waals surface area contributed by atoms with Gasteiger partial charge in [-0.1, -0.05) is 6.07 Å². The number of benzene rings is 1. The Hall–Kier alpha value is -3.08. The van der Waals surface area contributed by atoms with E-state index >= 15 is 0 Å². The zero-order valence-electron chi connectivity index (χ0n) is 9.36. The zero-order valence-corrected chi connectivity index (χ0v) is 9.36. The predicted octanol–water partition coefficient (Wildman–Crippen LogP) is 1.32. The Kier molecular flexibility index (Phi) is 2.50. The minimum Gasteiger partial charge on any atom is -0.436 e. The molecule has 0 aliphatic heterocycles. The van der Waals surface area contributed by atoms with Gasteiger partial charge in [0.05, 0.1) is 0 Å². The van der Waals surface area contributed by atoms with E-state index in [4.69, 9.17) is 10.00 Å². The molecule has 3 aromatic rings. The highest BCUT2D eigenvalue weighted by Crippen LogP contribution is 2.25. The maximum absolute atomic E-state index is 13.4. The molecule has 19 heavy (non-hydrogen) atoms. The topological polar surface area (TPSA) is 89.0 Å². The second-order valence-electron chi connectivity index (χ2n) is 3.52. The van der Waals surface area contributed by atoms with Crippen LogP contribution < -0.4 is 4.74 Å². The van der Waals surface area contributed by atoms with Gasteiger partial charge in [-0.25, -0.2) is 4.39 Å². The summed E-state index contributed by atoms with van der Waals surface area (Å²) in [5, 5.41) is 23.6. The highest BCUT2D eigenvalue weighted by atomic mass is 19.1. The molecule has 2 aromatic heterocycles. The van der Waals surface area contributed by atoms with Crippen LogP contribution >= 0.6 is 0 Å². The lowest BCUT2D eigenvalue weighted by Crippen LogP contribution is -1.98. The molecule has 92 valence electrons. The Morgan fingerprint density at radius 2 is 2.16 bits per heavy atom. The van der Waals surface area contributed by atoms with Crippen LogP contribution in [0, 0.1) is 17.1 Å². The van der Waals surface area contributed by atoms with Crippen LogP contribution in [0.15, 0.2) is 30.3 Å². The van der Waals surface area contributed by atoms with Gasteiger partial charge >= 0.3 is 0 Å². The Labute approximate surface area is 105 Å². The van der Waals surface area contributed by atoms with Crippen LogP contribution in [0.2, 0.25) is 0 Å². The van der Waals surface area contributed by atoms with Gasteiger partial charge in [-0.3, -0.25) is 0 Å². The first-order valence-corrected chi connectivity index (χ1v) is 5.20. The lowest BCUT2D eigenvalue weighted by atomic mass is 10.2. The first kappa shape index (κ1) is 11.0. The normalized spacial score (nSPS) is 10.3. The number of fused-ring (bicyclic) bond motifs is 1. The standard InChI is InChI=1S/C11H5FN6O/c12-8-2-1-3-9(7(8)6-13)19-11-5-4-10-14-16-17-18(10)15-11/h1-5H. The smallest absolute Gasteiger partial charge is 0.239 e. The summed E-state index contributed by atoms with van der Waals surface area (Å²) in [5.74, 6) is -0.409. The average molecular weight is 256 g/mol. The molecule has 0 aliphatic carbocycles. The van der Waals surface area contributed by atoms with E-state index in [1.807, 2.05) is 0 Å². The Balaban J connectivity index is 2.01. The van der Waals surface area contributed by atoms with Gasteiger partial charge < -0.3 is 4.74 Å². The van der Waals surface area contributed by atoms with Crippen molar-refractivity contribution in [2.45, 2.75) is 0 Å². The first-order chi connectivity index (χ1) is 9.28. The van der Waals surface area contributed by atoms with Crippen molar-refractivity contribution in [3.8, 4) is 17.7 Å². The summed E-state index contributed by atoms with van der Waals surface area (Å²) in [5.41, 5.74) is 0.271. The van der Waals surface area contributed by atoms with Gasteiger partial charge in [-0.05, 0) is 28.6 Å². The number of halogens is 1. The fraction of sp³-hybridized carbons (Fsp3) is 0. The number of hydrogen-bond donors (Lipinski definition) is 0.